The Morgan fingerprint density at radius 3 is 1.73 bits per heavy atom. The molecule has 6 rings (SSSR count). The van der Waals surface area contributed by atoms with Gasteiger partial charge in [-0.3, -0.25) is 0 Å². The molecule has 2 nitrogen and oxygen atoms in total. The molecule has 1 aromatic heterocycles. The molecule has 0 unspecified atom stereocenters. The van der Waals surface area contributed by atoms with Crippen LogP contribution in [0.3, 0.4) is 0 Å². The Hall–Kier alpha value is -3.48. The highest BCUT2D eigenvalue weighted by Crippen LogP contribution is 2.48. The molecule has 0 fully saturated rings. The molecule has 1 heterocycles. The first-order valence-corrected chi connectivity index (χ1v) is 12.6. The molecular formula is C30H25O2P. The van der Waals surface area contributed by atoms with Crippen LogP contribution >= 0.6 is 8.01 Å². The number of aryl methyl sites for hydroxylation is 1. The zero-order chi connectivity index (χ0) is 22.5. The molecule has 0 spiro atoms. The largest absolute Gasteiger partial charge is 0.416 e. The Morgan fingerprint density at radius 1 is 0.636 bits per heavy atom. The van der Waals surface area contributed by atoms with Crippen LogP contribution in [0.1, 0.15) is 30.9 Å². The minimum absolute atomic E-state index is 0.380. The van der Waals surface area contributed by atoms with Gasteiger partial charge >= 0.3 is 0 Å². The summed E-state index contributed by atoms with van der Waals surface area (Å²) in [5, 5.41) is 8.14. The summed E-state index contributed by atoms with van der Waals surface area (Å²) in [7, 11) is -1.35. The zero-order valence-corrected chi connectivity index (χ0v) is 19.9. The van der Waals surface area contributed by atoms with E-state index in [1.165, 1.54) is 32.7 Å². The van der Waals surface area contributed by atoms with Crippen molar-refractivity contribution in [1.29, 1.82) is 0 Å². The molecule has 33 heavy (non-hydrogen) atoms. The van der Waals surface area contributed by atoms with E-state index in [9.17, 15) is 0 Å². The number of rotatable bonds is 2. The highest BCUT2D eigenvalue weighted by Gasteiger charge is 2.17. The van der Waals surface area contributed by atoms with Gasteiger partial charge in [-0.25, -0.2) is 0 Å². The average Bonchev–Trinajstić information content (AvgIpc) is 3.01. The quantitative estimate of drug-likeness (QED) is 0.263. The minimum Gasteiger partial charge on any atom is -0.416 e. The van der Waals surface area contributed by atoms with Gasteiger partial charge in [-0.05, 0) is 63.7 Å². The van der Waals surface area contributed by atoms with Gasteiger partial charge < -0.3 is 8.39 Å². The van der Waals surface area contributed by atoms with Gasteiger partial charge in [0.2, 0.25) is 0 Å². The van der Waals surface area contributed by atoms with Gasteiger partial charge in [0, 0.05) is 10.8 Å². The third-order valence-corrected chi connectivity index (χ3v) is 7.90. The topological polar surface area (TPSA) is 26.3 Å². The first kappa shape index (κ1) is 20.1. The molecule has 0 atom stereocenters. The van der Waals surface area contributed by atoms with Gasteiger partial charge in [-0.1, -0.05) is 86.6 Å². The van der Waals surface area contributed by atoms with E-state index in [4.69, 9.17) is 8.39 Å². The standard InChI is InChI=1S/C30H25O2P/c1-19(2)23-15-12-20(3)18-28(23)33-31-26-16-13-21-8-4-6-10-24(21)29(26)30-25-11-7-5-9-22(25)14-17-27(30)32-33/h4-19H,1-3H3. The zero-order valence-electron chi connectivity index (χ0n) is 19.0. The van der Waals surface area contributed by atoms with Crippen LogP contribution in [0.5, 0.6) is 0 Å². The number of hydrogen-bond acceptors (Lipinski definition) is 2. The summed E-state index contributed by atoms with van der Waals surface area (Å²) in [6.45, 7) is 6.58. The molecule has 5 aromatic carbocycles. The van der Waals surface area contributed by atoms with Gasteiger partial charge in [0.1, 0.15) is 11.2 Å². The Balaban J connectivity index is 1.88. The summed E-state index contributed by atoms with van der Waals surface area (Å²) < 4.78 is 13.5. The van der Waals surface area contributed by atoms with Gasteiger partial charge in [-0.2, -0.15) is 0 Å². The molecule has 0 bridgehead atoms. The lowest BCUT2D eigenvalue weighted by Gasteiger charge is -2.11. The van der Waals surface area contributed by atoms with Crippen LogP contribution in [0, 0.1) is 6.92 Å². The molecule has 0 saturated carbocycles. The van der Waals surface area contributed by atoms with Crippen LogP contribution in [-0.2, 0) is 0 Å². The van der Waals surface area contributed by atoms with E-state index in [0.29, 0.717) is 5.92 Å². The molecule has 0 N–H and O–H groups in total. The summed E-state index contributed by atoms with van der Waals surface area (Å²) in [5.41, 5.74) is 4.25. The molecule has 0 saturated heterocycles. The lowest BCUT2D eigenvalue weighted by molar-refractivity contribution is 0.650. The van der Waals surface area contributed by atoms with E-state index in [1.54, 1.807) is 0 Å². The van der Waals surface area contributed by atoms with Crippen molar-refractivity contribution in [1.82, 2.24) is 0 Å². The van der Waals surface area contributed by atoms with Crippen LogP contribution in [-0.4, -0.2) is 0 Å². The highest BCUT2D eigenvalue weighted by molar-refractivity contribution is 7.45. The van der Waals surface area contributed by atoms with Gasteiger partial charge in [0.15, 0.2) is 0 Å². The second kappa shape index (κ2) is 7.83. The molecule has 0 radical (unpaired) electrons. The molecule has 0 aliphatic rings. The van der Waals surface area contributed by atoms with Crippen molar-refractivity contribution in [2.24, 2.45) is 0 Å². The summed E-state index contributed by atoms with van der Waals surface area (Å²) in [6.07, 6.45) is 0. The van der Waals surface area contributed by atoms with Crippen molar-refractivity contribution in [3.05, 3.63) is 102 Å². The molecular weight excluding hydrogens is 423 g/mol. The third-order valence-electron chi connectivity index (χ3n) is 6.40. The maximum atomic E-state index is 6.77. The van der Waals surface area contributed by atoms with Gasteiger partial charge in [0.05, 0.1) is 5.30 Å². The maximum Gasteiger partial charge on any atom is 0.253 e. The summed E-state index contributed by atoms with van der Waals surface area (Å²) >= 11 is 0. The number of hydrogen-bond donors (Lipinski definition) is 0. The summed E-state index contributed by atoms with van der Waals surface area (Å²) in [4.78, 5) is 0. The SMILES string of the molecule is Cc1ccc(C(C)C)c(-p2oc3ccc4ccccc4c3c3c(ccc4ccccc43)o2)c1. The second-order valence-corrected chi connectivity index (χ2v) is 10.3. The molecule has 0 aliphatic heterocycles. The van der Waals surface area contributed by atoms with E-state index in [1.807, 2.05) is 0 Å². The Morgan fingerprint density at radius 2 is 1.18 bits per heavy atom. The van der Waals surface area contributed by atoms with Gasteiger partial charge in [0.25, 0.3) is 8.01 Å². The van der Waals surface area contributed by atoms with Crippen molar-refractivity contribution in [2.45, 2.75) is 26.7 Å². The van der Waals surface area contributed by atoms with E-state index in [-0.39, 0.29) is 0 Å². The fraction of sp³-hybridized carbons (Fsp3) is 0.133. The second-order valence-electron chi connectivity index (χ2n) is 8.98. The maximum absolute atomic E-state index is 6.77. The summed E-state index contributed by atoms with van der Waals surface area (Å²) in [5.74, 6) is 0.380. The first-order chi connectivity index (χ1) is 16.1. The fourth-order valence-electron chi connectivity index (χ4n) is 4.77. The predicted octanol–water partition coefficient (Wildman–Crippen LogP) is 10.0. The van der Waals surface area contributed by atoms with Crippen LogP contribution in [0.25, 0.3) is 48.8 Å². The van der Waals surface area contributed by atoms with E-state index >= 15 is 0 Å². The predicted molar refractivity (Wildman–Crippen MR) is 141 cm³/mol. The molecule has 3 heteroatoms. The monoisotopic (exact) mass is 448 g/mol. The fourth-order valence-corrected chi connectivity index (χ4v) is 6.51. The van der Waals surface area contributed by atoms with Crippen molar-refractivity contribution >= 4 is 51.5 Å². The molecule has 0 aliphatic carbocycles. The van der Waals surface area contributed by atoms with Crippen molar-refractivity contribution in [3.8, 4) is 5.30 Å². The van der Waals surface area contributed by atoms with Crippen molar-refractivity contribution in [2.75, 3.05) is 0 Å². The van der Waals surface area contributed by atoms with Gasteiger partial charge in [-0.15, -0.1) is 0 Å². The highest BCUT2D eigenvalue weighted by atomic mass is 31.1. The Kier molecular flexibility index (Phi) is 4.78. The van der Waals surface area contributed by atoms with E-state index in [2.05, 4.69) is 112 Å². The number of benzene rings is 5. The summed E-state index contributed by atoms with van der Waals surface area (Å²) in [6, 6.07) is 32.2. The Labute approximate surface area is 194 Å². The van der Waals surface area contributed by atoms with Crippen LogP contribution in [0.4, 0.5) is 0 Å². The van der Waals surface area contributed by atoms with Crippen LogP contribution < -0.4 is 0 Å². The Bertz CT molecular complexity index is 1610. The van der Waals surface area contributed by atoms with Crippen LogP contribution in [0.2, 0.25) is 0 Å². The van der Waals surface area contributed by atoms with E-state index in [0.717, 1.165) is 27.2 Å². The van der Waals surface area contributed by atoms with Crippen molar-refractivity contribution in [3.63, 3.8) is 0 Å². The first-order valence-electron chi connectivity index (χ1n) is 11.4. The molecule has 6 aromatic rings. The number of fused-ring (bicyclic) bond motifs is 7. The lowest BCUT2D eigenvalue weighted by atomic mass is 9.99. The smallest absolute Gasteiger partial charge is 0.253 e. The van der Waals surface area contributed by atoms with Crippen molar-refractivity contribution < 1.29 is 8.39 Å². The van der Waals surface area contributed by atoms with E-state index < -0.39 is 8.01 Å². The normalized spacial score (nSPS) is 11.8. The molecule has 162 valence electrons. The average molecular weight is 449 g/mol. The minimum atomic E-state index is -1.35. The van der Waals surface area contributed by atoms with Crippen LogP contribution in [0.15, 0.2) is 99.4 Å². The molecule has 0 amide bonds. The lowest BCUT2D eigenvalue weighted by Crippen LogP contribution is -1.89. The third kappa shape index (κ3) is 3.34.